The highest BCUT2D eigenvalue weighted by molar-refractivity contribution is 6.69. The lowest BCUT2D eigenvalue weighted by Gasteiger charge is -2.32. The SMILES string of the molecule is COc1ccc(CC(=O)O[Si]2(OC(=O)Cc3ccc(OC)cc3)n3c4c5ccccc5c3N=C3N=C(N=c5c6ccccc6c(n52)=NC2=NC(=N4)c4ccccc42)c2ccccc23)cc1. The molecule has 0 unspecified atom stereocenters. The minimum absolute atomic E-state index is 0.195. The summed E-state index contributed by atoms with van der Waals surface area (Å²) in [7, 11) is -1.95. The van der Waals surface area contributed by atoms with Crippen molar-refractivity contribution in [1.29, 1.82) is 0 Å². The molecule has 0 amide bonds. The fourth-order valence-electron chi connectivity index (χ4n) is 8.83. The number of hydrogen-bond acceptors (Lipinski definition) is 12. The van der Waals surface area contributed by atoms with Crippen molar-refractivity contribution in [3.63, 3.8) is 0 Å². The number of amidine groups is 4. The van der Waals surface area contributed by atoms with Crippen LogP contribution < -0.4 is 20.4 Å². The Kier molecular flexibility index (Phi) is 8.67. The van der Waals surface area contributed by atoms with Gasteiger partial charge in [-0.25, -0.2) is 30.0 Å². The molecule has 0 saturated heterocycles. The minimum atomic E-state index is -5.11. The summed E-state index contributed by atoms with van der Waals surface area (Å²) in [4.78, 5) is 61.9. The van der Waals surface area contributed by atoms with E-state index in [1.54, 1.807) is 71.2 Å². The van der Waals surface area contributed by atoms with Crippen molar-refractivity contribution >= 4 is 77.3 Å². The smallest absolute Gasteiger partial charge is 0.497 e. The molecule has 0 radical (unpaired) electrons. The molecule has 6 heterocycles. The van der Waals surface area contributed by atoms with Crippen LogP contribution in [0.3, 0.4) is 0 Å². The van der Waals surface area contributed by atoms with E-state index in [0.29, 0.717) is 90.1 Å². The highest BCUT2D eigenvalue weighted by Gasteiger charge is 2.59. The maximum absolute atomic E-state index is 15.1. The van der Waals surface area contributed by atoms with Gasteiger partial charge in [0.25, 0.3) is 0 Å². The van der Waals surface area contributed by atoms with Gasteiger partial charge >= 0.3 is 20.8 Å². The molecule has 65 heavy (non-hydrogen) atoms. The number of carbonyl (C=O) groups excluding carboxylic acids is 2. The number of carbonyl (C=O) groups is 2. The first-order valence-electron chi connectivity index (χ1n) is 20.8. The fraction of sp³-hybridized carbons (Fsp3) is 0.0800. The first kappa shape index (κ1) is 38.1. The number of methoxy groups -OCH3 is 2. The van der Waals surface area contributed by atoms with E-state index < -0.39 is 20.8 Å². The third-order valence-corrected chi connectivity index (χ3v) is 14.8. The molecule has 4 aliphatic rings. The van der Waals surface area contributed by atoms with E-state index >= 15 is 9.59 Å². The standard InChI is InChI=1S/C50H34N8O6Si/c1-61-31-23-19-29(20-24-31)27-41(59)63-65(64-42(60)28-30-21-25-32(62-2)26-22-30)57-47-37-15-7-8-16-38(37)49(57)55-45-35-13-5-6-14-36(35)46(52-45)56-50-40-18-10-9-17-39(40)48(58(50)65)54-44-34-12-4-3-11-33(34)43(51-44)53-47/h3-26H,27-28H2,1-2H3. The lowest BCUT2D eigenvalue weighted by atomic mass is 10.1. The number of nitrogens with zero attached hydrogens (tertiary/aromatic N) is 8. The predicted octanol–water partition coefficient (Wildman–Crippen LogP) is 6.96. The molecule has 12 rings (SSSR count). The number of benzene rings is 6. The highest BCUT2D eigenvalue weighted by Crippen LogP contribution is 2.44. The van der Waals surface area contributed by atoms with Gasteiger partial charge in [-0.1, -0.05) is 121 Å². The van der Waals surface area contributed by atoms with Gasteiger partial charge in [0, 0.05) is 43.8 Å². The summed E-state index contributed by atoms with van der Waals surface area (Å²) >= 11 is 0. The Morgan fingerprint density at radius 3 is 1.17 bits per heavy atom. The van der Waals surface area contributed by atoms with Gasteiger partial charge in [0.05, 0.1) is 27.1 Å². The zero-order valence-electron chi connectivity index (χ0n) is 34.8. The second-order valence-electron chi connectivity index (χ2n) is 15.7. The Bertz CT molecular complexity index is 3400. The first-order valence-corrected chi connectivity index (χ1v) is 22.6. The summed E-state index contributed by atoms with van der Waals surface area (Å²) in [6.45, 7) is 0. The summed E-state index contributed by atoms with van der Waals surface area (Å²) in [5.74, 6) is 1.94. The molecule has 0 spiro atoms. The zero-order chi connectivity index (χ0) is 43.8. The molecule has 15 heteroatoms. The Morgan fingerprint density at radius 1 is 0.431 bits per heavy atom. The normalized spacial score (nSPS) is 14.7. The molecule has 0 atom stereocenters. The summed E-state index contributed by atoms with van der Waals surface area (Å²) in [5, 5.41) is 2.55. The van der Waals surface area contributed by atoms with E-state index in [4.69, 9.17) is 48.3 Å². The van der Waals surface area contributed by atoms with Gasteiger partial charge in [0.1, 0.15) is 34.1 Å². The molecule has 4 aliphatic heterocycles. The molecular weight excluding hydrogens is 837 g/mol. The van der Waals surface area contributed by atoms with Crippen LogP contribution in [-0.4, -0.2) is 66.9 Å². The van der Waals surface area contributed by atoms with Crippen molar-refractivity contribution in [2.75, 3.05) is 14.2 Å². The van der Waals surface area contributed by atoms with Crippen molar-refractivity contribution in [3.05, 3.63) is 190 Å². The Morgan fingerprint density at radius 2 is 0.785 bits per heavy atom. The van der Waals surface area contributed by atoms with Crippen molar-refractivity contribution in [2.24, 2.45) is 30.0 Å². The van der Waals surface area contributed by atoms with E-state index in [2.05, 4.69) is 0 Å². The van der Waals surface area contributed by atoms with Gasteiger partial charge < -0.3 is 18.3 Å². The van der Waals surface area contributed by atoms with Crippen LogP contribution in [0.15, 0.2) is 176 Å². The largest absolute Gasteiger partial charge is 0.742 e. The van der Waals surface area contributed by atoms with E-state index in [0.717, 1.165) is 22.3 Å². The Hall–Kier alpha value is -8.56. The molecule has 8 aromatic rings. The highest BCUT2D eigenvalue weighted by atomic mass is 28.4. The fourth-order valence-corrected chi connectivity index (χ4v) is 11.9. The third kappa shape index (κ3) is 6.07. The minimum Gasteiger partial charge on any atom is -0.497 e. The second-order valence-corrected chi connectivity index (χ2v) is 18.1. The molecule has 0 aliphatic carbocycles. The topological polar surface area (TPSA) is 155 Å². The van der Waals surface area contributed by atoms with E-state index in [1.165, 1.54) is 0 Å². The van der Waals surface area contributed by atoms with Crippen LogP contribution in [0.4, 0.5) is 11.6 Å². The maximum Gasteiger partial charge on any atom is 0.742 e. The molecule has 6 bridgehead atoms. The molecule has 2 aromatic heterocycles. The van der Waals surface area contributed by atoms with Crippen LogP contribution in [-0.2, 0) is 31.3 Å². The summed E-state index contributed by atoms with van der Waals surface area (Å²) < 4.78 is 28.5. The van der Waals surface area contributed by atoms with Crippen molar-refractivity contribution in [3.8, 4) is 11.5 Å². The summed E-state index contributed by atoms with van der Waals surface area (Å²) in [6, 6.07) is 45.0. The van der Waals surface area contributed by atoms with Gasteiger partial charge in [0.2, 0.25) is 0 Å². The summed E-state index contributed by atoms with van der Waals surface area (Å²) in [5.41, 5.74) is 4.85. The van der Waals surface area contributed by atoms with Crippen LogP contribution >= 0.6 is 0 Å². The van der Waals surface area contributed by atoms with Crippen LogP contribution in [0.2, 0.25) is 0 Å². The van der Waals surface area contributed by atoms with Crippen LogP contribution in [0, 0.1) is 0 Å². The van der Waals surface area contributed by atoms with E-state index in [9.17, 15) is 0 Å². The average Bonchev–Trinajstić information content (AvgIpc) is 4.05. The Labute approximate surface area is 370 Å². The number of fused-ring (bicyclic) bond motifs is 14. The second kappa shape index (κ2) is 14.8. The van der Waals surface area contributed by atoms with Gasteiger partial charge in [0.15, 0.2) is 23.3 Å². The van der Waals surface area contributed by atoms with Gasteiger partial charge in [-0.05, 0) is 35.4 Å². The average molecular weight is 871 g/mol. The quantitative estimate of drug-likeness (QED) is 0.151. The predicted molar refractivity (Wildman–Crippen MR) is 247 cm³/mol. The van der Waals surface area contributed by atoms with Crippen molar-refractivity contribution in [2.45, 2.75) is 12.8 Å². The molecule has 0 fully saturated rings. The van der Waals surface area contributed by atoms with E-state index in [1.807, 2.05) is 97.1 Å². The number of aliphatic imine (C=N–C) groups is 4. The van der Waals surface area contributed by atoms with E-state index in [-0.39, 0.29) is 12.8 Å². The third-order valence-electron chi connectivity index (χ3n) is 11.8. The Balaban J connectivity index is 1.25. The van der Waals surface area contributed by atoms with Crippen LogP contribution in [0.25, 0.3) is 21.5 Å². The van der Waals surface area contributed by atoms with Crippen LogP contribution in [0.1, 0.15) is 33.4 Å². The summed E-state index contributed by atoms with van der Waals surface area (Å²) in [6.07, 6.45) is -0.390. The molecule has 14 nitrogen and oxygen atoms in total. The number of hydrogen-bond donors (Lipinski definition) is 0. The molecular formula is C50H34N8O6Si. The molecule has 0 saturated carbocycles. The van der Waals surface area contributed by atoms with Gasteiger partial charge in [-0.15, -0.1) is 0 Å². The number of rotatable bonds is 8. The zero-order valence-corrected chi connectivity index (χ0v) is 35.8. The maximum atomic E-state index is 15.1. The van der Waals surface area contributed by atoms with Crippen LogP contribution in [0.5, 0.6) is 11.5 Å². The number of ether oxygens (including phenoxy) is 2. The molecule has 314 valence electrons. The van der Waals surface area contributed by atoms with Gasteiger partial charge in [-0.3, -0.25) is 18.1 Å². The van der Waals surface area contributed by atoms with Crippen molar-refractivity contribution in [1.82, 2.24) is 8.47 Å². The molecule has 6 aromatic carbocycles. The lowest BCUT2D eigenvalue weighted by Crippen LogP contribution is -2.65. The van der Waals surface area contributed by atoms with Crippen molar-refractivity contribution < 1.29 is 27.9 Å². The molecule has 0 N–H and O–H groups in total. The number of aromatic nitrogens is 2. The first-order chi connectivity index (χ1) is 31.9. The monoisotopic (exact) mass is 870 g/mol. The van der Waals surface area contributed by atoms with Gasteiger partial charge in [-0.2, -0.15) is 0 Å². The lowest BCUT2D eigenvalue weighted by molar-refractivity contribution is -0.141.